The highest BCUT2D eigenvalue weighted by Gasteiger charge is 2.26. The summed E-state index contributed by atoms with van der Waals surface area (Å²) in [5.41, 5.74) is 12.0. The molecular weight excluding hydrogens is 486 g/mol. The molecule has 0 atom stereocenters. The lowest BCUT2D eigenvalue weighted by atomic mass is 9.82. The molecule has 1 saturated carbocycles. The van der Waals surface area contributed by atoms with Crippen LogP contribution in [-0.4, -0.2) is 41.2 Å². The molecule has 9 nitrogen and oxygen atoms in total. The van der Waals surface area contributed by atoms with Gasteiger partial charge < -0.3 is 20.5 Å². The Kier molecular flexibility index (Phi) is 6.76. The van der Waals surface area contributed by atoms with E-state index in [0.29, 0.717) is 17.8 Å². The molecule has 0 aliphatic heterocycles. The van der Waals surface area contributed by atoms with E-state index in [1.807, 2.05) is 36.9 Å². The highest BCUT2D eigenvalue weighted by Crippen LogP contribution is 2.43. The minimum atomic E-state index is -3.08. The van der Waals surface area contributed by atoms with Gasteiger partial charge in [-0.05, 0) is 54.7 Å². The van der Waals surface area contributed by atoms with Gasteiger partial charge in [-0.15, -0.1) is 0 Å². The average Bonchev–Trinajstić information content (AvgIpc) is 3.17. The van der Waals surface area contributed by atoms with E-state index in [2.05, 4.69) is 27.3 Å². The largest absolute Gasteiger partial charge is 0.369 e. The number of nitrogens with zero attached hydrogens (tertiary/aromatic N) is 5. The molecule has 0 radical (unpaired) electrons. The molecule has 0 amide bonds. The van der Waals surface area contributed by atoms with Gasteiger partial charge in [0.2, 0.25) is 11.9 Å². The molecule has 194 valence electrons. The van der Waals surface area contributed by atoms with Crippen molar-refractivity contribution >= 4 is 50.0 Å². The zero-order chi connectivity index (χ0) is 26.2. The van der Waals surface area contributed by atoms with Gasteiger partial charge in [0.25, 0.3) is 0 Å². The van der Waals surface area contributed by atoms with Crippen LogP contribution in [0.1, 0.15) is 49.1 Å². The number of rotatable bonds is 7. The Balaban J connectivity index is 1.45. The van der Waals surface area contributed by atoms with Crippen LogP contribution in [-0.2, 0) is 22.6 Å². The monoisotopic (exact) mass is 519 g/mol. The minimum Gasteiger partial charge on any atom is -0.369 e. The van der Waals surface area contributed by atoms with Crippen molar-refractivity contribution in [1.82, 2.24) is 19.5 Å². The van der Waals surface area contributed by atoms with Gasteiger partial charge in [-0.3, -0.25) is 0 Å². The molecule has 2 aromatic carbocycles. The minimum absolute atomic E-state index is 0.0135. The van der Waals surface area contributed by atoms with Gasteiger partial charge in [0.05, 0.1) is 16.8 Å². The van der Waals surface area contributed by atoms with Crippen molar-refractivity contribution in [3.8, 4) is 0 Å². The van der Waals surface area contributed by atoms with Gasteiger partial charge in [0.15, 0.2) is 9.84 Å². The van der Waals surface area contributed by atoms with Crippen molar-refractivity contribution < 1.29 is 8.42 Å². The van der Waals surface area contributed by atoms with E-state index in [9.17, 15) is 8.42 Å². The van der Waals surface area contributed by atoms with Gasteiger partial charge in [-0.2, -0.15) is 4.98 Å². The number of benzene rings is 2. The van der Waals surface area contributed by atoms with Crippen molar-refractivity contribution in [2.75, 3.05) is 29.3 Å². The van der Waals surface area contributed by atoms with E-state index in [-0.39, 0.29) is 5.75 Å². The second kappa shape index (κ2) is 10.0. The summed E-state index contributed by atoms with van der Waals surface area (Å²) in [5.74, 6) is 2.17. The molecule has 0 bridgehead atoms. The SMILES string of the molecule is CN(c1ccnc(Nc2ccc(CS(C)(=O)=O)cc2)n1)c1ccc2c(nc(N)n2C)c1C1CCCCC1. The molecule has 2 heterocycles. The van der Waals surface area contributed by atoms with Crippen LogP contribution >= 0.6 is 0 Å². The van der Waals surface area contributed by atoms with E-state index in [1.165, 1.54) is 31.1 Å². The summed E-state index contributed by atoms with van der Waals surface area (Å²) in [6, 6.07) is 13.4. The fourth-order valence-electron chi connectivity index (χ4n) is 5.21. The molecule has 1 aliphatic carbocycles. The van der Waals surface area contributed by atoms with Crippen LogP contribution in [0.2, 0.25) is 0 Å². The van der Waals surface area contributed by atoms with Gasteiger partial charge in [0, 0.05) is 43.5 Å². The number of fused-ring (bicyclic) bond motifs is 1. The maximum atomic E-state index is 11.6. The summed E-state index contributed by atoms with van der Waals surface area (Å²) in [5, 5.41) is 3.23. The van der Waals surface area contributed by atoms with Crippen LogP contribution in [0.5, 0.6) is 0 Å². The van der Waals surface area contributed by atoms with E-state index in [0.717, 1.165) is 46.6 Å². The Morgan fingerprint density at radius 3 is 2.49 bits per heavy atom. The van der Waals surface area contributed by atoms with Crippen LogP contribution < -0.4 is 16.0 Å². The lowest BCUT2D eigenvalue weighted by Crippen LogP contribution is -2.17. The summed E-state index contributed by atoms with van der Waals surface area (Å²) in [7, 11) is 0.892. The second-order valence-corrected chi connectivity index (χ2v) is 12.1. The normalized spacial score (nSPS) is 14.7. The third-order valence-electron chi connectivity index (χ3n) is 7.10. The Labute approximate surface area is 217 Å². The van der Waals surface area contributed by atoms with E-state index in [4.69, 9.17) is 15.7 Å². The first-order chi connectivity index (χ1) is 17.7. The second-order valence-electron chi connectivity index (χ2n) is 9.92. The average molecular weight is 520 g/mol. The Morgan fingerprint density at radius 1 is 1.05 bits per heavy atom. The third kappa shape index (κ3) is 5.39. The molecule has 0 unspecified atom stereocenters. The highest BCUT2D eigenvalue weighted by molar-refractivity contribution is 7.89. The Hall–Kier alpha value is -3.66. The quantitative estimate of drug-likeness (QED) is 0.348. The summed E-state index contributed by atoms with van der Waals surface area (Å²) in [4.78, 5) is 16.0. The topological polar surface area (TPSA) is 119 Å². The predicted molar refractivity (Wildman–Crippen MR) is 149 cm³/mol. The van der Waals surface area contributed by atoms with Gasteiger partial charge in [-0.1, -0.05) is 31.4 Å². The maximum absolute atomic E-state index is 11.6. The Morgan fingerprint density at radius 2 is 1.78 bits per heavy atom. The zero-order valence-corrected chi connectivity index (χ0v) is 22.3. The number of imidazole rings is 1. The first-order valence-electron chi connectivity index (χ1n) is 12.5. The van der Waals surface area contributed by atoms with E-state index < -0.39 is 9.84 Å². The van der Waals surface area contributed by atoms with Crippen molar-refractivity contribution in [3.63, 3.8) is 0 Å². The van der Waals surface area contributed by atoms with Crippen LogP contribution in [0.3, 0.4) is 0 Å². The molecule has 1 fully saturated rings. The molecule has 3 N–H and O–H groups in total. The molecule has 4 aromatic rings. The molecule has 10 heteroatoms. The van der Waals surface area contributed by atoms with Gasteiger partial charge in [0.1, 0.15) is 5.82 Å². The summed E-state index contributed by atoms with van der Waals surface area (Å²) in [6.07, 6.45) is 8.96. The van der Waals surface area contributed by atoms with Crippen LogP contribution in [0.4, 0.5) is 29.1 Å². The molecule has 0 spiro atoms. The van der Waals surface area contributed by atoms with Crippen LogP contribution in [0.25, 0.3) is 11.0 Å². The smallest absolute Gasteiger partial charge is 0.229 e. The summed E-state index contributed by atoms with van der Waals surface area (Å²) < 4.78 is 25.1. The van der Waals surface area contributed by atoms with E-state index in [1.54, 1.807) is 18.3 Å². The molecule has 5 rings (SSSR count). The molecular formula is C27H33N7O2S. The molecule has 2 aromatic heterocycles. The highest BCUT2D eigenvalue weighted by atomic mass is 32.2. The first kappa shape index (κ1) is 25.0. The number of hydrogen-bond donors (Lipinski definition) is 2. The van der Waals surface area contributed by atoms with Crippen molar-refractivity contribution in [1.29, 1.82) is 0 Å². The summed E-state index contributed by atoms with van der Waals surface area (Å²) in [6.45, 7) is 0. The predicted octanol–water partition coefficient (Wildman–Crippen LogP) is 5.05. The zero-order valence-electron chi connectivity index (χ0n) is 21.5. The fraction of sp³-hybridized carbons (Fsp3) is 0.370. The lowest BCUT2D eigenvalue weighted by molar-refractivity contribution is 0.445. The molecule has 1 aliphatic rings. The van der Waals surface area contributed by atoms with Gasteiger partial charge in [-0.25, -0.2) is 18.4 Å². The van der Waals surface area contributed by atoms with E-state index >= 15 is 0 Å². The molecule has 0 saturated heterocycles. The number of nitrogens with two attached hydrogens (primary N) is 1. The van der Waals surface area contributed by atoms with Crippen molar-refractivity contribution in [3.05, 3.63) is 59.8 Å². The van der Waals surface area contributed by atoms with Crippen molar-refractivity contribution in [2.45, 2.75) is 43.8 Å². The third-order valence-corrected chi connectivity index (χ3v) is 7.96. The lowest BCUT2D eigenvalue weighted by Gasteiger charge is -2.28. The van der Waals surface area contributed by atoms with Crippen LogP contribution in [0.15, 0.2) is 48.7 Å². The number of sulfone groups is 1. The molecule has 37 heavy (non-hydrogen) atoms. The van der Waals surface area contributed by atoms with Crippen molar-refractivity contribution in [2.24, 2.45) is 7.05 Å². The summed E-state index contributed by atoms with van der Waals surface area (Å²) >= 11 is 0. The maximum Gasteiger partial charge on any atom is 0.229 e. The number of aromatic nitrogens is 4. The number of nitrogens with one attached hydrogen (secondary N) is 1. The number of anilines is 5. The Bertz CT molecular complexity index is 1520. The fourth-order valence-corrected chi connectivity index (χ4v) is 6.01. The number of aryl methyl sites for hydroxylation is 1. The standard InChI is InChI=1S/C27H33N7O2S/c1-33(21-13-14-22-25(32-26(28)34(22)2)24(21)19-7-5-4-6-8-19)23-15-16-29-27(31-23)30-20-11-9-18(10-12-20)17-37(3,35)36/h9-16,19H,4-8,17H2,1-3H3,(H2,28,32)(H,29,30,31). The first-order valence-corrected chi connectivity index (χ1v) is 14.6. The number of nitrogen functional groups attached to an aromatic ring is 1. The van der Waals surface area contributed by atoms with Gasteiger partial charge >= 0.3 is 0 Å². The number of hydrogen-bond acceptors (Lipinski definition) is 8. The van der Waals surface area contributed by atoms with Crippen LogP contribution in [0, 0.1) is 0 Å².